The van der Waals surface area contributed by atoms with Crippen LogP contribution in [0.15, 0.2) is 22.7 Å². The molecule has 1 rings (SSSR count). The lowest BCUT2D eigenvalue weighted by atomic mass is 10.2. The maximum absolute atomic E-state index is 11.7. The molecular weight excluding hydrogens is 302 g/mol. The number of hydrogen-bond acceptors (Lipinski definition) is 5. The Hall–Kier alpha value is -1.11. The fourth-order valence-corrected chi connectivity index (χ4v) is 1.65. The molecule has 0 aliphatic carbocycles. The molecule has 0 saturated carbocycles. The van der Waals surface area contributed by atoms with E-state index in [0.717, 1.165) is 0 Å². The van der Waals surface area contributed by atoms with Crippen LogP contribution >= 0.6 is 15.9 Å². The van der Waals surface area contributed by atoms with Crippen LogP contribution in [0.4, 0.5) is 5.69 Å². The number of esters is 1. The molecule has 18 heavy (non-hydrogen) atoms. The lowest BCUT2D eigenvalue weighted by Gasteiger charge is -2.08. The van der Waals surface area contributed by atoms with Crippen LogP contribution in [-0.2, 0) is 14.2 Å². The van der Waals surface area contributed by atoms with Crippen molar-refractivity contribution in [3.05, 3.63) is 28.2 Å². The number of ether oxygens (including phenoxy) is 3. The van der Waals surface area contributed by atoms with Crippen molar-refractivity contribution >= 4 is 27.6 Å². The van der Waals surface area contributed by atoms with Crippen molar-refractivity contribution in [1.29, 1.82) is 0 Å². The summed E-state index contributed by atoms with van der Waals surface area (Å²) in [5.41, 5.74) is 6.58. The highest BCUT2D eigenvalue weighted by Crippen LogP contribution is 2.24. The van der Waals surface area contributed by atoms with Gasteiger partial charge in [-0.3, -0.25) is 0 Å². The summed E-state index contributed by atoms with van der Waals surface area (Å²) in [6.45, 7) is 1.55. The summed E-state index contributed by atoms with van der Waals surface area (Å²) in [6, 6.07) is 5.05. The Morgan fingerprint density at radius 1 is 1.28 bits per heavy atom. The van der Waals surface area contributed by atoms with Crippen molar-refractivity contribution in [1.82, 2.24) is 0 Å². The third-order valence-corrected chi connectivity index (χ3v) is 3.03. The molecule has 0 aliphatic rings. The highest BCUT2D eigenvalue weighted by atomic mass is 79.9. The summed E-state index contributed by atoms with van der Waals surface area (Å²) >= 11 is 3.25. The summed E-state index contributed by atoms with van der Waals surface area (Å²) in [5.74, 6) is -0.426. The first-order valence-electron chi connectivity index (χ1n) is 5.44. The average molecular weight is 318 g/mol. The van der Waals surface area contributed by atoms with E-state index >= 15 is 0 Å². The summed E-state index contributed by atoms with van der Waals surface area (Å²) in [6.07, 6.45) is 0. The average Bonchev–Trinajstić information content (AvgIpc) is 2.36. The van der Waals surface area contributed by atoms with Gasteiger partial charge in [-0.1, -0.05) is 6.07 Å². The Labute approximate surface area is 114 Å². The maximum atomic E-state index is 11.7. The predicted molar refractivity (Wildman–Crippen MR) is 71.5 cm³/mol. The molecule has 0 saturated heterocycles. The van der Waals surface area contributed by atoms with Crippen molar-refractivity contribution in [3.63, 3.8) is 0 Å². The third kappa shape index (κ3) is 4.64. The fraction of sp³-hybridized carbons (Fsp3) is 0.417. The van der Waals surface area contributed by atoms with Crippen LogP contribution in [0.25, 0.3) is 0 Å². The zero-order chi connectivity index (χ0) is 13.4. The van der Waals surface area contributed by atoms with Gasteiger partial charge in [-0.05, 0) is 28.1 Å². The van der Waals surface area contributed by atoms with Crippen LogP contribution in [0.3, 0.4) is 0 Å². The van der Waals surface area contributed by atoms with Gasteiger partial charge >= 0.3 is 5.97 Å². The van der Waals surface area contributed by atoms with E-state index in [0.29, 0.717) is 35.5 Å². The maximum Gasteiger partial charge on any atom is 0.339 e. The second kappa shape index (κ2) is 8.07. The molecule has 0 atom stereocenters. The van der Waals surface area contributed by atoms with E-state index in [1.807, 2.05) is 0 Å². The summed E-state index contributed by atoms with van der Waals surface area (Å²) in [5, 5.41) is 0. The SMILES string of the molecule is COCCOCCOC(=O)c1cccc(N)c1Br. The van der Waals surface area contributed by atoms with E-state index in [1.54, 1.807) is 25.3 Å². The Bertz CT molecular complexity index is 398. The van der Waals surface area contributed by atoms with Gasteiger partial charge in [0, 0.05) is 12.8 Å². The molecule has 0 aromatic heterocycles. The molecule has 0 fully saturated rings. The quantitative estimate of drug-likeness (QED) is 0.472. The van der Waals surface area contributed by atoms with Gasteiger partial charge in [-0.2, -0.15) is 0 Å². The topological polar surface area (TPSA) is 70.8 Å². The van der Waals surface area contributed by atoms with Crippen molar-refractivity contribution in [3.8, 4) is 0 Å². The Morgan fingerprint density at radius 3 is 2.72 bits per heavy atom. The number of nitrogen functional groups attached to an aromatic ring is 1. The van der Waals surface area contributed by atoms with Gasteiger partial charge in [0.2, 0.25) is 0 Å². The number of hydrogen-bond donors (Lipinski definition) is 1. The van der Waals surface area contributed by atoms with Crippen LogP contribution in [0.2, 0.25) is 0 Å². The monoisotopic (exact) mass is 317 g/mol. The lowest BCUT2D eigenvalue weighted by molar-refractivity contribution is 0.0213. The van der Waals surface area contributed by atoms with Gasteiger partial charge in [0.05, 0.1) is 29.9 Å². The molecule has 5 nitrogen and oxygen atoms in total. The highest BCUT2D eigenvalue weighted by Gasteiger charge is 2.12. The van der Waals surface area contributed by atoms with E-state index in [-0.39, 0.29) is 6.61 Å². The van der Waals surface area contributed by atoms with Crippen molar-refractivity contribution in [2.24, 2.45) is 0 Å². The molecule has 100 valence electrons. The molecule has 0 bridgehead atoms. The fourth-order valence-electron chi connectivity index (χ4n) is 1.22. The van der Waals surface area contributed by atoms with Gasteiger partial charge in [-0.25, -0.2) is 4.79 Å². The Balaban J connectivity index is 2.35. The number of methoxy groups -OCH3 is 1. The first-order chi connectivity index (χ1) is 8.66. The zero-order valence-corrected chi connectivity index (χ0v) is 11.7. The number of carbonyl (C=O) groups is 1. The number of anilines is 1. The Morgan fingerprint density at radius 2 is 2.00 bits per heavy atom. The molecule has 1 aromatic carbocycles. The number of benzene rings is 1. The first kappa shape index (κ1) is 14.9. The van der Waals surface area contributed by atoms with Crippen LogP contribution in [0.5, 0.6) is 0 Å². The smallest absolute Gasteiger partial charge is 0.339 e. The van der Waals surface area contributed by atoms with Crippen LogP contribution < -0.4 is 5.73 Å². The minimum absolute atomic E-state index is 0.198. The molecule has 6 heteroatoms. The summed E-state index contributed by atoms with van der Waals surface area (Å²) < 4.78 is 15.6. The molecular formula is C12H16BrNO4. The molecule has 0 amide bonds. The minimum Gasteiger partial charge on any atom is -0.460 e. The normalized spacial score (nSPS) is 10.3. The van der Waals surface area contributed by atoms with E-state index in [2.05, 4.69) is 15.9 Å². The van der Waals surface area contributed by atoms with Crippen LogP contribution in [0.1, 0.15) is 10.4 Å². The molecule has 0 radical (unpaired) electrons. The standard InChI is InChI=1S/C12H16BrNO4/c1-16-5-6-17-7-8-18-12(15)9-3-2-4-10(14)11(9)13/h2-4H,5-8,14H2,1H3. The van der Waals surface area contributed by atoms with Gasteiger partial charge in [0.15, 0.2) is 0 Å². The van der Waals surface area contributed by atoms with Crippen molar-refractivity contribution in [2.75, 3.05) is 39.3 Å². The molecule has 2 N–H and O–H groups in total. The molecule has 0 aliphatic heterocycles. The summed E-state index contributed by atoms with van der Waals surface area (Å²) in [4.78, 5) is 11.7. The number of carbonyl (C=O) groups excluding carboxylic acids is 1. The van der Waals surface area contributed by atoms with Crippen LogP contribution in [-0.4, -0.2) is 39.5 Å². The second-order valence-electron chi connectivity index (χ2n) is 3.45. The predicted octanol–water partition coefficient (Wildman–Crippen LogP) is 1.85. The largest absolute Gasteiger partial charge is 0.460 e. The minimum atomic E-state index is -0.426. The first-order valence-corrected chi connectivity index (χ1v) is 6.24. The van der Waals surface area contributed by atoms with Crippen LogP contribution in [0, 0.1) is 0 Å². The summed E-state index contributed by atoms with van der Waals surface area (Å²) in [7, 11) is 1.60. The molecule has 0 unspecified atom stereocenters. The van der Waals surface area contributed by atoms with Gasteiger partial charge in [-0.15, -0.1) is 0 Å². The van der Waals surface area contributed by atoms with Crippen molar-refractivity contribution < 1.29 is 19.0 Å². The van der Waals surface area contributed by atoms with E-state index in [1.165, 1.54) is 0 Å². The Kier molecular flexibility index (Phi) is 6.70. The van der Waals surface area contributed by atoms with Gasteiger partial charge in [0.25, 0.3) is 0 Å². The second-order valence-corrected chi connectivity index (χ2v) is 4.24. The number of halogens is 1. The lowest BCUT2D eigenvalue weighted by Crippen LogP contribution is -2.13. The van der Waals surface area contributed by atoms with E-state index < -0.39 is 5.97 Å². The third-order valence-electron chi connectivity index (χ3n) is 2.14. The molecule has 1 aromatic rings. The van der Waals surface area contributed by atoms with E-state index in [4.69, 9.17) is 19.9 Å². The van der Waals surface area contributed by atoms with Gasteiger partial charge < -0.3 is 19.9 Å². The molecule has 0 heterocycles. The number of rotatable bonds is 7. The van der Waals surface area contributed by atoms with Crippen molar-refractivity contribution in [2.45, 2.75) is 0 Å². The highest BCUT2D eigenvalue weighted by molar-refractivity contribution is 9.10. The number of nitrogens with two attached hydrogens (primary N) is 1. The van der Waals surface area contributed by atoms with Gasteiger partial charge in [0.1, 0.15) is 6.61 Å². The molecule has 0 spiro atoms. The zero-order valence-electron chi connectivity index (χ0n) is 10.1. The van der Waals surface area contributed by atoms with E-state index in [9.17, 15) is 4.79 Å².